The number of tetrazole rings is 1. The van der Waals surface area contributed by atoms with Gasteiger partial charge in [-0.15, -0.1) is 0 Å². The Labute approximate surface area is 194 Å². The summed E-state index contributed by atoms with van der Waals surface area (Å²) in [5.74, 6) is -0.561. The smallest absolute Gasteiger partial charge is 0.307 e. The van der Waals surface area contributed by atoms with Gasteiger partial charge in [0.15, 0.2) is 0 Å². The number of hydrogen-bond donors (Lipinski definition) is 1. The minimum Gasteiger partial charge on any atom is -0.481 e. The lowest BCUT2D eigenvalue weighted by atomic mass is 9.91. The number of aliphatic carboxylic acids is 1. The van der Waals surface area contributed by atoms with Gasteiger partial charge in [-0.3, -0.25) is 4.79 Å². The highest BCUT2D eigenvalue weighted by atomic mass is 127. The van der Waals surface area contributed by atoms with Crippen LogP contribution in [0.1, 0.15) is 5.56 Å². The maximum absolute atomic E-state index is 11.6. The van der Waals surface area contributed by atoms with Gasteiger partial charge in [0.05, 0.1) is 17.6 Å². The number of fused-ring (bicyclic) bond motifs is 3. The van der Waals surface area contributed by atoms with Gasteiger partial charge in [-0.25, -0.2) is 4.98 Å². The van der Waals surface area contributed by atoms with Gasteiger partial charge in [0.1, 0.15) is 0 Å². The van der Waals surface area contributed by atoms with Crippen LogP contribution in [0.4, 0.5) is 0 Å². The fourth-order valence-corrected chi connectivity index (χ4v) is 4.27. The number of carbonyl (C=O) groups is 1. The Morgan fingerprint density at radius 2 is 1.87 bits per heavy atom. The quantitative estimate of drug-likeness (QED) is 0.326. The Morgan fingerprint density at radius 1 is 1.06 bits per heavy atom. The van der Waals surface area contributed by atoms with E-state index in [1.165, 1.54) is 0 Å². The summed E-state index contributed by atoms with van der Waals surface area (Å²) < 4.78 is 2.64. The molecule has 0 amide bonds. The van der Waals surface area contributed by atoms with Crippen molar-refractivity contribution < 1.29 is 9.90 Å². The van der Waals surface area contributed by atoms with Gasteiger partial charge in [0.25, 0.3) is 5.78 Å². The first kappa shape index (κ1) is 19.8. The average molecular weight is 542 g/mol. The third-order valence-corrected chi connectivity index (χ3v) is 5.93. The first-order valence-electron chi connectivity index (χ1n) is 9.28. The molecular weight excluding hydrogens is 529 g/mol. The Hall–Kier alpha value is -3.11. The molecule has 152 valence electrons. The molecule has 0 aliphatic carbocycles. The van der Waals surface area contributed by atoms with E-state index in [0.29, 0.717) is 22.1 Å². The number of benzene rings is 3. The first-order valence-corrected chi connectivity index (χ1v) is 10.7. The largest absolute Gasteiger partial charge is 0.481 e. The second-order valence-electron chi connectivity index (χ2n) is 6.93. The molecule has 31 heavy (non-hydrogen) atoms. The molecule has 5 rings (SSSR count). The molecule has 0 fully saturated rings. The van der Waals surface area contributed by atoms with E-state index in [-0.39, 0.29) is 6.42 Å². The van der Waals surface area contributed by atoms with Gasteiger partial charge in [-0.1, -0.05) is 47.0 Å². The number of carboxylic acid groups (broad SMARTS) is 1. The van der Waals surface area contributed by atoms with Crippen LogP contribution in [0, 0.1) is 3.57 Å². The molecule has 5 aromatic rings. The van der Waals surface area contributed by atoms with Crippen molar-refractivity contribution in [2.24, 2.45) is 0 Å². The summed E-state index contributed by atoms with van der Waals surface area (Å²) in [4.78, 5) is 16.4. The van der Waals surface area contributed by atoms with Crippen molar-refractivity contribution in [2.45, 2.75) is 6.42 Å². The Kier molecular flexibility index (Phi) is 5.03. The predicted octanol–water partition coefficient (Wildman–Crippen LogP) is 4.89. The van der Waals surface area contributed by atoms with Gasteiger partial charge < -0.3 is 5.11 Å². The van der Waals surface area contributed by atoms with E-state index in [9.17, 15) is 9.90 Å². The SMILES string of the molecule is O=C(O)Cc1ccc2c(c(-c3cccc(Cl)c3)nc3nnnn32)c1-c1ccc(I)cc1. The number of nitrogens with zero attached hydrogens (tertiary/aromatic N) is 5. The number of aromatic nitrogens is 5. The van der Waals surface area contributed by atoms with E-state index >= 15 is 0 Å². The zero-order valence-corrected chi connectivity index (χ0v) is 18.7. The van der Waals surface area contributed by atoms with Gasteiger partial charge in [-0.05, 0) is 80.0 Å². The van der Waals surface area contributed by atoms with Crippen LogP contribution < -0.4 is 0 Å². The highest BCUT2D eigenvalue weighted by Gasteiger charge is 2.20. The summed E-state index contributed by atoms with van der Waals surface area (Å²) in [6.07, 6.45) is -0.125. The van der Waals surface area contributed by atoms with E-state index in [2.05, 4.69) is 38.1 Å². The lowest BCUT2D eigenvalue weighted by molar-refractivity contribution is -0.136. The summed E-state index contributed by atoms with van der Waals surface area (Å²) in [5.41, 5.74) is 4.52. The van der Waals surface area contributed by atoms with Crippen molar-refractivity contribution >= 4 is 56.8 Å². The monoisotopic (exact) mass is 541 g/mol. The molecule has 9 heteroatoms. The molecule has 0 saturated carbocycles. The van der Waals surface area contributed by atoms with Crippen LogP contribution in [0.15, 0.2) is 60.7 Å². The van der Waals surface area contributed by atoms with Crippen LogP contribution >= 0.6 is 34.2 Å². The van der Waals surface area contributed by atoms with E-state index in [1.54, 1.807) is 10.6 Å². The van der Waals surface area contributed by atoms with E-state index in [4.69, 9.17) is 16.6 Å². The molecule has 3 aromatic carbocycles. The van der Waals surface area contributed by atoms with Gasteiger partial charge in [-0.2, -0.15) is 4.52 Å². The second-order valence-corrected chi connectivity index (χ2v) is 8.61. The third-order valence-electron chi connectivity index (χ3n) is 4.97. The number of hydrogen-bond acceptors (Lipinski definition) is 5. The molecular formula is C22H13ClIN5O2. The number of rotatable bonds is 4. The summed E-state index contributed by atoms with van der Waals surface area (Å²) in [5, 5.41) is 22.8. The van der Waals surface area contributed by atoms with Gasteiger partial charge >= 0.3 is 5.97 Å². The van der Waals surface area contributed by atoms with Crippen molar-refractivity contribution in [3.8, 4) is 22.4 Å². The zero-order chi connectivity index (χ0) is 21.5. The fraction of sp³-hybridized carbons (Fsp3) is 0.0455. The standard InChI is InChI=1S/C22H13ClIN5O2/c23-15-3-1-2-14(10-15)21-20-17(29-22(25-21)26-27-28-29)9-6-13(11-18(30)31)19(20)12-4-7-16(24)8-5-12/h1-10H,11H2,(H,30,31). The van der Waals surface area contributed by atoms with Crippen LogP contribution in [0.5, 0.6) is 0 Å². The minimum absolute atomic E-state index is 0.125. The van der Waals surface area contributed by atoms with Crippen LogP contribution in [0.3, 0.4) is 0 Å². The summed E-state index contributed by atoms with van der Waals surface area (Å²) in [6, 6.07) is 19.0. The zero-order valence-electron chi connectivity index (χ0n) is 15.8. The average Bonchev–Trinajstić information content (AvgIpc) is 3.22. The summed E-state index contributed by atoms with van der Waals surface area (Å²) >= 11 is 8.51. The molecule has 2 aromatic heterocycles. The molecule has 2 heterocycles. The minimum atomic E-state index is -0.910. The molecule has 0 radical (unpaired) electrons. The van der Waals surface area contributed by atoms with Gasteiger partial charge in [0.2, 0.25) is 0 Å². The molecule has 0 aliphatic heterocycles. The molecule has 0 atom stereocenters. The second kappa shape index (κ2) is 7.86. The Bertz CT molecular complexity index is 1470. The first-order chi connectivity index (χ1) is 15.0. The fourth-order valence-electron chi connectivity index (χ4n) is 3.72. The molecule has 0 bridgehead atoms. The van der Waals surface area contributed by atoms with Crippen molar-refractivity contribution in [3.63, 3.8) is 0 Å². The topological polar surface area (TPSA) is 93.3 Å². The van der Waals surface area contributed by atoms with Crippen LogP contribution in [-0.2, 0) is 11.2 Å². The maximum Gasteiger partial charge on any atom is 0.307 e. The van der Waals surface area contributed by atoms with Crippen molar-refractivity contribution in [1.82, 2.24) is 25.0 Å². The predicted molar refractivity (Wildman–Crippen MR) is 126 cm³/mol. The number of carboxylic acids is 1. The summed E-state index contributed by atoms with van der Waals surface area (Å²) in [6.45, 7) is 0. The lowest BCUT2D eigenvalue weighted by Gasteiger charge is -2.16. The van der Waals surface area contributed by atoms with Crippen LogP contribution in [0.25, 0.3) is 39.1 Å². The van der Waals surface area contributed by atoms with Crippen LogP contribution in [0.2, 0.25) is 5.02 Å². The lowest BCUT2D eigenvalue weighted by Crippen LogP contribution is -2.05. The van der Waals surface area contributed by atoms with Crippen molar-refractivity contribution in [1.29, 1.82) is 0 Å². The third kappa shape index (κ3) is 3.61. The van der Waals surface area contributed by atoms with E-state index in [0.717, 1.165) is 31.2 Å². The maximum atomic E-state index is 11.6. The van der Waals surface area contributed by atoms with Crippen molar-refractivity contribution in [2.75, 3.05) is 0 Å². The molecule has 1 N–H and O–H groups in total. The molecule has 0 saturated heterocycles. The highest BCUT2D eigenvalue weighted by Crippen LogP contribution is 2.38. The Morgan fingerprint density at radius 3 is 2.61 bits per heavy atom. The number of halogens is 2. The molecule has 0 aliphatic rings. The molecule has 0 spiro atoms. The Balaban J connectivity index is 1.97. The van der Waals surface area contributed by atoms with Gasteiger partial charge in [0, 0.05) is 19.5 Å². The highest BCUT2D eigenvalue weighted by molar-refractivity contribution is 14.1. The summed E-state index contributed by atoms with van der Waals surface area (Å²) in [7, 11) is 0. The van der Waals surface area contributed by atoms with E-state index < -0.39 is 5.97 Å². The van der Waals surface area contributed by atoms with Crippen molar-refractivity contribution in [3.05, 3.63) is 74.8 Å². The molecule has 0 unspecified atom stereocenters. The molecule has 7 nitrogen and oxygen atoms in total. The van der Waals surface area contributed by atoms with E-state index in [1.807, 2.05) is 54.6 Å². The van der Waals surface area contributed by atoms with Crippen LogP contribution in [-0.4, -0.2) is 36.1 Å². The normalized spacial score (nSPS) is 11.3.